The van der Waals surface area contributed by atoms with Crippen LogP contribution in [-0.4, -0.2) is 5.78 Å². The first-order valence-corrected chi connectivity index (χ1v) is 5.83. The van der Waals surface area contributed by atoms with E-state index in [4.69, 9.17) is 11.6 Å². The Labute approximate surface area is 106 Å². The molecular weight excluding hydrogens is 232 g/mol. The van der Waals surface area contributed by atoms with Crippen molar-refractivity contribution in [2.24, 2.45) is 0 Å². The van der Waals surface area contributed by atoms with Crippen LogP contribution in [0, 0.1) is 13.8 Å². The van der Waals surface area contributed by atoms with Gasteiger partial charge in [0.25, 0.3) is 0 Å². The normalized spacial score (nSPS) is 10.3. The molecule has 0 fully saturated rings. The van der Waals surface area contributed by atoms with Gasteiger partial charge in [-0.15, -0.1) is 0 Å². The molecule has 0 spiro atoms. The van der Waals surface area contributed by atoms with Crippen molar-refractivity contribution in [2.75, 3.05) is 0 Å². The number of ketones is 1. The van der Waals surface area contributed by atoms with Crippen LogP contribution in [0.15, 0.2) is 42.5 Å². The molecule has 2 rings (SSSR count). The van der Waals surface area contributed by atoms with Gasteiger partial charge in [-0.3, -0.25) is 4.79 Å². The highest BCUT2D eigenvalue weighted by Crippen LogP contribution is 2.16. The van der Waals surface area contributed by atoms with E-state index in [0.717, 1.165) is 11.1 Å². The maximum absolute atomic E-state index is 12.2. The Morgan fingerprint density at radius 2 is 1.47 bits per heavy atom. The van der Waals surface area contributed by atoms with Crippen molar-refractivity contribution in [3.8, 4) is 0 Å². The monoisotopic (exact) mass is 244 g/mol. The van der Waals surface area contributed by atoms with Crippen molar-refractivity contribution < 1.29 is 4.79 Å². The van der Waals surface area contributed by atoms with Crippen LogP contribution < -0.4 is 0 Å². The SMILES string of the molecule is Cc1ccc(C(=O)c2ccc(Cl)cc2)cc1C. The molecular formula is C15H13ClO. The summed E-state index contributed by atoms with van der Waals surface area (Å²) in [5.74, 6) is 0.0322. The molecule has 2 aromatic rings. The number of hydrogen-bond donors (Lipinski definition) is 0. The predicted molar refractivity (Wildman–Crippen MR) is 70.8 cm³/mol. The third-order valence-corrected chi connectivity index (χ3v) is 3.13. The van der Waals surface area contributed by atoms with Gasteiger partial charge in [0.15, 0.2) is 5.78 Å². The van der Waals surface area contributed by atoms with E-state index in [1.807, 2.05) is 32.0 Å². The third kappa shape index (κ3) is 2.56. The first-order valence-electron chi connectivity index (χ1n) is 5.45. The standard InChI is InChI=1S/C15H13ClO/c1-10-3-4-13(9-11(10)2)15(17)12-5-7-14(16)8-6-12/h3-9H,1-2H3. The Kier molecular flexibility index (Phi) is 3.30. The fourth-order valence-electron chi connectivity index (χ4n) is 1.65. The smallest absolute Gasteiger partial charge is 0.193 e. The van der Waals surface area contributed by atoms with Crippen molar-refractivity contribution in [2.45, 2.75) is 13.8 Å². The summed E-state index contributed by atoms with van der Waals surface area (Å²) in [5, 5.41) is 0.640. The van der Waals surface area contributed by atoms with E-state index in [1.165, 1.54) is 5.56 Å². The number of rotatable bonds is 2. The number of carbonyl (C=O) groups excluding carboxylic acids is 1. The lowest BCUT2D eigenvalue weighted by Gasteiger charge is -2.04. The summed E-state index contributed by atoms with van der Waals surface area (Å²) in [4.78, 5) is 12.2. The van der Waals surface area contributed by atoms with Crippen LogP contribution in [0.3, 0.4) is 0 Å². The van der Waals surface area contributed by atoms with Crippen LogP contribution in [0.1, 0.15) is 27.0 Å². The molecule has 0 unspecified atom stereocenters. The fraction of sp³-hybridized carbons (Fsp3) is 0.133. The molecule has 1 nitrogen and oxygen atoms in total. The Morgan fingerprint density at radius 1 is 0.882 bits per heavy atom. The zero-order chi connectivity index (χ0) is 12.4. The van der Waals surface area contributed by atoms with E-state index in [1.54, 1.807) is 24.3 Å². The van der Waals surface area contributed by atoms with Crippen LogP contribution in [0.2, 0.25) is 5.02 Å². The molecule has 0 saturated heterocycles. The summed E-state index contributed by atoms with van der Waals surface area (Å²) < 4.78 is 0. The van der Waals surface area contributed by atoms with E-state index < -0.39 is 0 Å². The quantitative estimate of drug-likeness (QED) is 0.724. The molecule has 0 aliphatic heterocycles. The topological polar surface area (TPSA) is 17.1 Å². The second-order valence-electron chi connectivity index (χ2n) is 4.14. The molecule has 0 radical (unpaired) electrons. The van der Waals surface area contributed by atoms with E-state index in [9.17, 15) is 4.79 Å². The average Bonchev–Trinajstić information content (AvgIpc) is 2.33. The van der Waals surface area contributed by atoms with Crippen LogP contribution in [-0.2, 0) is 0 Å². The van der Waals surface area contributed by atoms with Gasteiger partial charge < -0.3 is 0 Å². The largest absolute Gasteiger partial charge is 0.289 e. The molecule has 0 heterocycles. The summed E-state index contributed by atoms with van der Waals surface area (Å²) in [6.45, 7) is 4.04. The van der Waals surface area contributed by atoms with E-state index in [2.05, 4.69) is 0 Å². The maximum atomic E-state index is 12.2. The van der Waals surface area contributed by atoms with Crippen molar-refractivity contribution in [1.82, 2.24) is 0 Å². The zero-order valence-electron chi connectivity index (χ0n) is 9.83. The van der Waals surface area contributed by atoms with Gasteiger partial charge in [0.2, 0.25) is 0 Å². The number of halogens is 1. The van der Waals surface area contributed by atoms with Gasteiger partial charge in [-0.1, -0.05) is 23.7 Å². The van der Waals surface area contributed by atoms with Crippen LogP contribution in [0.4, 0.5) is 0 Å². The van der Waals surface area contributed by atoms with Crippen molar-refractivity contribution in [3.05, 3.63) is 69.7 Å². The summed E-state index contributed by atoms with van der Waals surface area (Å²) in [6.07, 6.45) is 0. The lowest BCUT2D eigenvalue weighted by molar-refractivity contribution is 0.103. The number of hydrogen-bond acceptors (Lipinski definition) is 1. The highest BCUT2D eigenvalue weighted by Gasteiger charge is 2.09. The summed E-state index contributed by atoms with van der Waals surface area (Å²) in [6, 6.07) is 12.7. The van der Waals surface area contributed by atoms with Gasteiger partial charge in [-0.2, -0.15) is 0 Å². The predicted octanol–water partition coefficient (Wildman–Crippen LogP) is 4.19. The Balaban J connectivity index is 2.37. The Morgan fingerprint density at radius 3 is 2.06 bits per heavy atom. The highest BCUT2D eigenvalue weighted by molar-refractivity contribution is 6.30. The van der Waals surface area contributed by atoms with Gasteiger partial charge in [-0.25, -0.2) is 0 Å². The lowest BCUT2D eigenvalue weighted by Crippen LogP contribution is -2.01. The molecule has 0 atom stereocenters. The van der Waals surface area contributed by atoms with E-state index >= 15 is 0 Å². The van der Waals surface area contributed by atoms with Crippen LogP contribution in [0.5, 0.6) is 0 Å². The number of benzene rings is 2. The molecule has 0 aromatic heterocycles. The van der Waals surface area contributed by atoms with Crippen LogP contribution >= 0.6 is 11.6 Å². The minimum atomic E-state index is 0.0322. The molecule has 0 saturated carbocycles. The first-order chi connectivity index (χ1) is 8.08. The molecule has 0 aliphatic carbocycles. The number of carbonyl (C=O) groups is 1. The summed E-state index contributed by atoms with van der Waals surface area (Å²) in [7, 11) is 0. The molecule has 0 bridgehead atoms. The number of aryl methyl sites for hydroxylation is 2. The Bertz CT molecular complexity index is 556. The minimum Gasteiger partial charge on any atom is -0.289 e. The molecule has 86 valence electrons. The lowest BCUT2D eigenvalue weighted by atomic mass is 9.99. The second kappa shape index (κ2) is 4.72. The summed E-state index contributed by atoms with van der Waals surface area (Å²) >= 11 is 5.80. The molecule has 0 N–H and O–H groups in total. The van der Waals surface area contributed by atoms with Crippen molar-refractivity contribution in [1.29, 1.82) is 0 Å². The van der Waals surface area contributed by atoms with E-state index in [-0.39, 0.29) is 5.78 Å². The average molecular weight is 245 g/mol. The molecule has 2 aromatic carbocycles. The Hall–Kier alpha value is -1.60. The van der Waals surface area contributed by atoms with Crippen LogP contribution in [0.25, 0.3) is 0 Å². The minimum absolute atomic E-state index is 0.0322. The van der Waals surface area contributed by atoms with Crippen molar-refractivity contribution in [3.63, 3.8) is 0 Å². The molecule has 2 heteroatoms. The van der Waals surface area contributed by atoms with Gasteiger partial charge >= 0.3 is 0 Å². The van der Waals surface area contributed by atoms with E-state index in [0.29, 0.717) is 10.6 Å². The van der Waals surface area contributed by atoms with Gasteiger partial charge in [0, 0.05) is 16.1 Å². The zero-order valence-corrected chi connectivity index (χ0v) is 10.6. The summed E-state index contributed by atoms with van der Waals surface area (Å²) in [5.41, 5.74) is 3.70. The van der Waals surface area contributed by atoms with Crippen molar-refractivity contribution >= 4 is 17.4 Å². The molecule has 0 amide bonds. The first kappa shape index (κ1) is 11.9. The second-order valence-corrected chi connectivity index (χ2v) is 4.57. The molecule has 0 aliphatic rings. The highest BCUT2D eigenvalue weighted by atomic mass is 35.5. The molecule has 17 heavy (non-hydrogen) atoms. The third-order valence-electron chi connectivity index (χ3n) is 2.88. The fourth-order valence-corrected chi connectivity index (χ4v) is 1.78. The van der Waals surface area contributed by atoms with Gasteiger partial charge in [0.05, 0.1) is 0 Å². The van der Waals surface area contributed by atoms with Gasteiger partial charge in [-0.05, 0) is 55.3 Å². The maximum Gasteiger partial charge on any atom is 0.193 e. The van der Waals surface area contributed by atoms with Gasteiger partial charge in [0.1, 0.15) is 0 Å².